The number of aromatic amines is 1. The van der Waals surface area contributed by atoms with E-state index < -0.39 is 11.6 Å². The second-order valence-electron chi connectivity index (χ2n) is 7.43. The van der Waals surface area contributed by atoms with Gasteiger partial charge in [0.05, 0.1) is 5.69 Å². The quantitative estimate of drug-likeness (QED) is 0.873. The monoisotopic (exact) mass is 307 g/mol. The van der Waals surface area contributed by atoms with Gasteiger partial charge in [0.25, 0.3) is 0 Å². The molecule has 7 nitrogen and oxygen atoms in total. The van der Waals surface area contributed by atoms with Crippen molar-refractivity contribution in [3.63, 3.8) is 0 Å². The molecule has 1 saturated carbocycles. The molecule has 0 bridgehead atoms. The molecule has 2 heterocycles. The van der Waals surface area contributed by atoms with Gasteiger partial charge >= 0.3 is 12.1 Å². The van der Waals surface area contributed by atoms with Crippen molar-refractivity contribution in [3.05, 3.63) is 17.5 Å². The number of H-pyrrole nitrogens is 1. The van der Waals surface area contributed by atoms with Gasteiger partial charge in [-0.15, -0.1) is 0 Å². The van der Waals surface area contributed by atoms with Crippen LogP contribution in [0.15, 0.2) is 6.20 Å². The maximum atomic E-state index is 11.9. The molecule has 120 valence electrons. The number of aromatic carboxylic acids is 1. The number of carboxylic acids is 1. The predicted octanol–water partition coefficient (Wildman–Crippen LogP) is 2.22. The number of carbonyl (C=O) groups is 2. The van der Waals surface area contributed by atoms with Crippen molar-refractivity contribution in [2.45, 2.75) is 45.1 Å². The van der Waals surface area contributed by atoms with Gasteiger partial charge in [-0.2, -0.15) is 5.10 Å². The van der Waals surface area contributed by atoms with Gasteiger partial charge in [-0.1, -0.05) is 0 Å². The van der Waals surface area contributed by atoms with E-state index in [-0.39, 0.29) is 23.0 Å². The minimum atomic E-state index is -0.950. The first kappa shape index (κ1) is 14.9. The second kappa shape index (κ2) is 4.72. The highest BCUT2D eigenvalue weighted by atomic mass is 16.6. The SMILES string of the molecule is CC(C)(C)OC(=O)N1CC2(CC(c3n[nH]cc3C(=O)O)C2)C1. The summed E-state index contributed by atoms with van der Waals surface area (Å²) in [6, 6.07) is 0. The predicted molar refractivity (Wildman–Crippen MR) is 77.8 cm³/mol. The zero-order valence-corrected chi connectivity index (χ0v) is 13.0. The van der Waals surface area contributed by atoms with Crippen LogP contribution in [0.25, 0.3) is 0 Å². The van der Waals surface area contributed by atoms with Crippen LogP contribution in [0.4, 0.5) is 4.79 Å². The summed E-state index contributed by atoms with van der Waals surface area (Å²) < 4.78 is 5.35. The summed E-state index contributed by atoms with van der Waals surface area (Å²) in [5.41, 5.74) is 0.529. The maximum absolute atomic E-state index is 11.9. The van der Waals surface area contributed by atoms with Crippen LogP contribution in [0.2, 0.25) is 0 Å². The Labute approximate surface area is 128 Å². The number of likely N-dealkylation sites (tertiary alicyclic amines) is 1. The molecule has 2 aliphatic rings. The van der Waals surface area contributed by atoms with Gasteiger partial charge < -0.3 is 14.7 Å². The van der Waals surface area contributed by atoms with Crippen LogP contribution in [0.3, 0.4) is 0 Å². The summed E-state index contributed by atoms with van der Waals surface area (Å²) in [4.78, 5) is 24.8. The molecule has 1 spiro atoms. The number of carboxylic acid groups (broad SMARTS) is 1. The van der Waals surface area contributed by atoms with Crippen molar-refractivity contribution in [2.75, 3.05) is 13.1 Å². The molecule has 2 N–H and O–H groups in total. The number of aromatic nitrogens is 2. The Hall–Kier alpha value is -2.05. The number of amides is 1. The van der Waals surface area contributed by atoms with Gasteiger partial charge in [0.2, 0.25) is 0 Å². The molecule has 0 unspecified atom stereocenters. The highest BCUT2D eigenvalue weighted by Gasteiger charge is 2.55. The van der Waals surface area contributed by atoms with Crippen LogP contribution >= 0.6 is 0 Å². The third-order valence-corrected chi connectivity index (χ3v) is 4.35. The number of rotatable bonds is 2. The van der Waals surface area contributed by atoms with Crippen LogP contribution in [0.5, 0.6) is 0 Å². The van der Waals surface area contributed by atoms with Gasteiger partial charge in [0.1, 0.15) is 11.2 Å². The molecule has 7 heteroatoms. The largest absolute Gasteiger partial charge is 0.478 e. The average molecular weight is 307 g/mol. The second-order valence-corrected chi connectivity index (χ2v) is 7.43. The Morgan fingerprint density at radius 2 is 2.05 bits per heavy atom. The Morgan fingerprint density at radius 1 is 1.41 bits per heavy atom. The lowest BCUT2D eigenvalue weighted by atomic mass is 9.56. The Balaban J connectivity index is 1.54. The highest BCUT2D eigenvalue weighted by Crippen LogP contribution is 2.56. The van der Waals surface area contributed by atoms with Crippen molar-refractivity contribution in [1.82, 2.24) is 15.1 Å². The molecule has 0 radical (unpaired) electrons. The fourth-order valence-corrected chi connectivity index (χ4v) is 3.44. The summed E-state index contributed by atoms with van der Waals surface area (Å²) >= 11 is 0. The molecular formula is C15H21N3O4. The summed E-state index contributed by atoms with van der Waals surface area (Å²) in [6.45, 7) is 6.93. The average Bonchev–Trinajstić information content (AvgIpc) is 2.71. The third-order valence-electron chi connectivity index (χ3n) is 4.35. The lowest BCUT2D eigenvalue weighted by Crippen LogP contribution is -2.63. The van der Waals surface area contributed by atoms with E-state index in [1.165, 1.54) is 6.20 Å². The lowest BCUT2D eigenvalue weighted by molar-refractivity contribution is -0.0792. The first-order valence-electron chi connectivity index (χ1n) is 7.44. The zero-order valence-electron chi connectivity index (χ0n) is 13.0. The van der Waals surface area contributed by atoms with Crippen molar-refractivity contribution in [2.24, 2.45) is 5.41 Å². The fourth-order valence-electron chi connectivity index (χ4n) is 3.44. The normalized spacial score (nSPS) is 20.4. The summed E-state index contributed by atoms with van der Waals surface area (Å²) in [5, 5.41) is 15.8. The van der Waals surface area contributed by atoms with E-state index in [1.54, 1.807) is 4.90 Å². The van der Waals surface area contributed by atoms with E-state index in [2.05, 4.69) is 10.2 Å². The molecule has 1 amide bonds. The van der Waals surface area contributed by atoms with Gasteiger partial charge in [-0.25, -0.2) is 9.59 Å². The first-order valence-corrected chi connectivity index (χ1v) is 7.44. The van der Waals surface area contributed by atoms with Gasteiger partial charge in [-0.3, -0.25) is 5.10 Å². The van der Waals surface area contributed by atoms with Crippen LogP contribution in [0.1, 0.15) is 55.6 Å². The number of ether oxygens (including phenoxy) is 1. The number of nitrogens with one attached hydrogen (secondary N) is 1. The highest BCUT2D eigenvalue weighted by molar-refractivity contribution is 5.88. The van der Waals surface area contributed by atoms with Crippen LogP contribution < -0.4 is 0 Å². The van der Waals surface area contributed by atoms with Gasteiger partial charge in [0.15, 0.2) is 0 Å². The van der Waals surface area contributed by atoms with Gasteiger partial charge in [-0.05, 0) is 33.6 Å². The molecule has 0 atom stereocenters. The van der Waals surface area contributed by atoms with Crippen molar-refractivity contribution in [3.8, 4) is 0 Å². The molecule has 0 aromatic carbocycles. The minimum Gasteiger partial charge on any atom is -0.478 e. The number of hydrogen-bond acceptors (Lipinski definition) is 4. The van der Waals surface area contributed by atoms with Crippen LogP contribution in [-0.4, -0.2) is 51.0 Å². The Morgan fingerprint density at radius 3 is 2.59 bits per heavy atom. The van der Waals surface area contributed by atoms with E-state index in [0.29, 0.717) is 18.8 Å². The molecule has 3 rings (SSSR count). The van der Waals surface area contributed by atoms with E-state index in [0.717, 1.165) is 12.8 Å². The van der Waals surface area contributed by atoms with E-state index in [1.807, 2.05) is 20.8 Å². The van der Waals surface area contributed by atoms with E-state index >= 15 is 0 Å². The Bertz CT molecular complexity index is 603. The summed E-state index contributed by atoms with van der Waals surface area (Å²) in [5.74, 6) is -0.785. The third kappa shape index (κ3) is 2.55. The van der Waals surface area contributed by atoms with Crippen LogP contribution in [-0.2, 0) is 4.74 Å². The fraction of sp³-hybridized carbons (Fsp3) is 0.667. The van der Waals surface area contributed by atoms with Crippen molar-refractivity contribution >= 4 is 12.1 Å². The topological polar surface area (TPSA) is 95.5 Å². The first-order chi connectivity index (χ1) is 10.2. The molecule has 1 aliphatic heterocycles. The Kier molecular flexibility index (Phi) is 3.19. The summed E-state index contributed by atoms with van der Waals surface area (Å²) in [7, 11) is 0. The molecule has 1 aromatic rings. The number of carbonyl (C=O) groups excluding carboxylic acids is 1. The van der Waals surface area contributed by atoms with E-state index in [4.69, 9.17) is 9.84 Å². The smallest absolute Gasteiger partial charge is 0.410 e. The maximum Gasteiger partial charge on any atom is 0.410 e. The van der Waals surface area contributed by atoms with Gasteiger partial charge in [0, 0.05) is 30.6 Å². The lowest BCUT2D eigenvalue weighted by Gasteiger charge is -2.58. The van der Waals surface area contributed by atoms with Crippen molar-refractivity contribution in [1.29, 1.82) is 0 Å². The molecular weight excluding hydrogens is 286 g/mol. The minimum absolute atomic E-state index is 0.121. The molecule has 2 fully saturated rings. The standard InChI is InChI=1S/C15H21N3O4/c1-14(2,3)22-13(21)18-7-15(8-18)4-9(5-15)11-10(12(19)20)6-16-17-11/h6,9H,4-5,7-8H2,1-3H3,(H,16,17)(H,19,20). The molecule has 1 aliphatic carbocycles. The zero-order chi connectivity index (χ0) is 16.1. The van der Waals surface area contributed by atoms with E-state index in [9.17, 15) is 9.59 Å². The van der Waals surface area contributed by atoms with Crippen molar-refractivity contribution < 1.29 is 19.4 Å². The van der Waals surface area contributed by atoms with Crippen LogP contribution in [0, 0.1) is 5.41 Å². The number of hydrogen-bond donors (Lipinski definition) is 2. The number of nitrogens with zero attached hydrogens (tertiary/aromatic N) is 2. The molecule has 22 heavy (non-hydrogen) atoms. The summed E-state index contributed by atoms with van der Waals surface area (Å²) in [6.07, 6.45) is 2.90. The molecule has 1 aromatic heterocycles. The molecule has 1 saturated heterocycles.